The largest absolute Gasteiger partial charge is 0.484 e. The van der Waals surface area contributed by atoms with Gasteiger partial charge in [0.15, 0.2) is 6.61 Å². The van der Waals surface area contributed by atoms with Crippen LogP contribution in [-0.4, -0.2) is 22.7 Å². The van der Waals surface area contributed by atoms with E-state index in [0.29, 0.717) is 10.9 Å². The lowest BCUT2D eigenvalue weighted by atomic mass is 10.3. The SMILES string of the molecule is CCc1nnc(NC(=O)COc2cccc(F)c2)s1. The monoisotopic (exact) mass is 281 g/mol. The molecule has 0 atom stereocenters. The summed E-state index contributed by atoms with van der Waals surface area (Å²) < 4.78 is 18.0. The minimum absolute atomic E-state index is 0.204. The average molecular weight is 281 g/mol. The summed E-state index contributed by atoms with van der Waals surface area (Å²) in [6.45, 7) is 1.75. The molecule has 5 nitrogen and oxygen atoms in total. The summed E-state index contributed by atoms with van der Waals surface area (Å²) in [5.41, 5.74) is 0. The maximum absolute atomic E-state index is 12.9. The number of carbonyl (C=O) groups excluding carboxylic acids is 1. The zero-order valence-electron chi connectivity index (χ0n) is 10.2. The molecular formula is C12H12FN3O2S. The normalized spacial score (nSPS) is 10.2. The fraction of sp³-hybridized carbons (Fsp3) is 0.250. The van der Waals surface area contributed by atoms with E-state index in [0.717, 1.165) is 11.4 Å². The van der Waals surface area contributed by atoms with Crippen molar-refractivity contribution in [3.05, 3.63) is 35.1 Å². The van der Waals surface area contributed by atoms with E-state index in [1.165, 1.54) is 29.5 Å². The molecule has 1 amide bonds. The number of nitrogens with zero attached hydrogens (tertiary/aromatic N) is 2. The van der Waals surface area contributed by atoms with Gasteiger partial charge in [-0.2, -0.15) is 0 Å². The van der Waals surface area contributed by atoms with E-state index in [-0.39, 0.29) is 12.5 Å². The molecule has 0 saturated carbocycles. The standard InChI is InChI=1S/C12H12FN3O2S/c1-2-11-15-16-12(19-11)14-10(17)7-18-9-5-3-4-8(13)6-9/h3-6H,2,7H2,1H3,(H,14,16,17). The van der Waals surface area contributed by atoms with Crippen molar-refractivity contribution in [3.63, 3.8) is 0 Å². The second kappa shape index (κ2) is 6.24. The van der Waals surface area contributed by atoms with Gasteiger partial charge < -0.3 is 4.74 Å². The van der Waals surface area contributed by atoms with Gasteiger partial charge in [0.25, 0.3) is 5.91 Å². The first-order valence-corrected chi connectivity index (χ1v) is 6.49. The molecule has 1 aromatic heterocycles. The third kappa shape index (κ3) is 3.99. The zero-order valence-corrected chi connectivity index (χ0v) is 11.0. The predicted octanol–water partition coefficient (Wildman–Crippen LogP) is 2.26. The molecule has 1 aromatic carbocycles. The van der Waals surface area contributed by atoms with Crippen molar-refractivity contribution >= 4 is 22.4 Å². The highest BCUT2D eigenvalue weighted by molar-refractivity contribution is 7.15. The van der Waals surface area contributed by atoms with Gasteiger partial charge in [0.05, 0.1) is 0 Å². The molecule has 0 radical (unpaired) electrons. The van der Waals surface area contributed by atoms with Gasteiger partial charge >= 0.3 is 0 Å². The third-order valence-corrected chi connectivity index (χ3v) is 3.16. The number of amides is 1. The Morgan fingerprint density at radius 1 is 1.47 bits per heavy atom. The number of hydrogen-bond donors (Lipinski definition) is 1. The highest BCUT2D eigenvalue weighted by Crippen LogP contribution is 2.15. The molecule has 0 saturated heterocycles. The van der Waals surface area contributed by atoms with Gasteiger partial charge in [0.2, 0.25) is 5.13 Å². The summed E-state index contributed by atoms with van der Waals surface area (Å²) in [7, 11) is 0. The molecule has 1 heterocycles. The molecule has 1 N–H and O–H groups in total. The minimum atomic E-state index is -0.408. The van der Waals surface area contributed by atoms with Gasteiger partial charge in [-0.3, -0.25) is 10.1 Å². The number of halogens is 1. The van der Waals surface area contributed by atoms with E-state index >= 15 is 0 Å². The highest BCUT2D eigenvalue weighted by Gasteiger charge is 2.08. The number of aromatic nitrogens is 2. The Morgan fingerprint density at radius 2 is 2.32 bits per heavy atom. The zero-order chi connectivity index (χ0) is 13.7. The smallest absolute Gasteiger partial charge is 0.264 e. The molecule has 0 spiro atoms. The fourth-order valence-electron chi connectivity index (χ4n) is 1.31. The lowest BCUT2D eigenvalue weighted by molar-refractivity contribution is -0.118. The van der Waals surface area contributed by atoms with Crippen LogP contribution in [0.15, 0.2) is 24.3 Å². The van der Waals surface area contributed by atoms with Gasteiger partial charge in [-0.25, -0.2) is 4.39 Å². The summed E-state index contributed by atoms with van der Waals surface area (Å²) in [5.74, 6) is -0.459. The van der Waals surface area contributed by atoms with Crippen molar-refractivity contribution < 1.29 is 13.9 Å². The molecule has 2 aromatic rings. The Morgan fingerprint density at radius 3 is 3.00 bits per heavy atom. The van der Waals surface area contributed by atoms with Crippen LogP contribution < -0.4 is 10.1 Å². The Hall–Kier alpha value is -2.02. The Kier molecular flexibility index (Phi) is 4.40. The van der Waals surface area contributed by atoms with Crippen molar-refractivity contribution in [2.24, 2.45) is 0 Å². The number of nitrogens with one attached hydrogen (secondary N) is 1. The lowest BCUT2D eigenvalue weighted by Crippen LogP contribution is -2.20. The first kappa shape index (κ1) is 13.4. The lowest BCUT2D eigenvalue weighted by Gasteiger charge is -2.05. The number of ether oxygens (including phenoxy) is 1. The molecule has 0 fully saturated rings. The number of hydrogen-bond acceptors (Lipinski definition) is 5. The van der Waals surface area contributed by atoms with Crippen LogP contribution in [0.4, 0.5) is 9.52 Å². The van der Waals surface area contributed by atoms with Crippen LogP contribution in [0.25, 0.3) is 0 Å². The number of benzene rings is 1. The minimum Gasteiger partial charge on any atom is -0.484 e. The molecule has 0 aliphatic heterocycles. The van der Waals surface area contributed by atoms with Crippen molar-refractivity contribution in [3.8, 4) is 5.75 Å². The first-order chi connectivity index (χ1) is 9.17. The van der Waals surface area contributed by atoms with Crippen LogP contribution in [0.2, 0.25) is 0 Å². The second-order valence-electron chi connectivity index (χ2n) is 3.65. The van der Waals surface area contributed by atoms with Crippen LogP contribution in [0.1, 0.15) is 11.9 Å². The molecule has 0 unspecified atom stereocenters. The molecule has 100 valence electrons. The van der Waals surface area contributed by atoms with Gasteiger partial charge in [-0.1, -0.05) is 24.3 Å². The molecule has 0 bridgehead atoms. The second-order valence-corrected chi connectivity index (χ2v) is 4.71. The highest BCUT2D eigenvalue weighted by atomic mass is 32.1. The van der Waals surface area contributed by atoms with Crippen molar-refractivity contribution in [2.75, 3.05) is 11.9 Å². The molecular weight excluding hydrogens is 269 g/mol. The number of carbonyl (C=O) groups is 1. The Balaban J connectivity index is 1.84. The molecule has 0 aliphatic carbocycles. The van der Waals surface area contributed by atoms with E-state index < -0.39 is 5.82 Å². The predicted molar refractivity (Wildman–Crippen MR) is 69.8 cm³/mol. The Bertz CT molecular complexity index is 574. The van der Waals surface area contributed by atoms with E-state index in [4.69, 9.17) is 4.74 Å². The average Bonchev–Trinajstić information content (AvgIpc) is 2.84. The van der Waals surface area contributed by atoms with E-state index in [1.807, 2.05) is 6.92 Å². The van der Waals surface area contributed by atoms with Crippen LogP contribution in [-0.2, 0) is 11.2 Å². The van der Waals surface area contributed by atoms with Gasteiger partial charge in [0.1, 0.15) is 16.6 Å². The maximum Gasteiger partial charge on any atom is 0.264 e. The van der Waals surface area contributed by atoms with E-state index in [1.54, 1.807) is 6.07 Å². The number of aryl methyl sites for hydroxylation is 1. The topological polar surface area (TPSA) is 64.1 Å². The van der Waals surface area contributed by atoms with Crippen LogP contribution in [0, 0.1) is 5.82 Å². The molecule has 7 heteroatoms. The van der Waals surface area contributed by atoms with E-state index in [2.05, 4.69) is 15.5 Å². The summed E-state index contributed by atoms with van der Waals surface area (Å²) in [5, 5.41) is 11.6. The van der Waals surface area contributed by atoms with Gasteiger partial charge in [0, 0.05) is 6.07 Å². The van der Waals surface area contributed by atoms with Gasteiger partial charge in [-0.05, 0) is 18.6 Å². The van der Waals surface area contributed by atoms with Crippen molar-refractivity contribution in [1.82, 2.24) is 10.2 Å². The molecule has 2 rings (SSSR count). The summed E-state index contributed by atoms with van der Waals surface area (Å²) in [6.07, 6.45) is 0.771. The third-order valence-electron chi connectivity index (χ3n) is 2.18. The Labute approximate surface area is 113 Å². The van der Waals surface area contributed by atoms with Crippen molar-refractivity contribution in [1.29, 1.82) is 0 Å². The fourth-order valence-corrected chi connectivity index (χ4v) is 2.00. The molecule has 19 heavy (non-hydrogen) atoms. The summed E-state index contributed by atoms with van der Waals surface area (Å²) in [6, 6.07) is 5.62. The van der Waals surface area contributed by atoms with Crippen LogP contribution >= 0.6 is 11.3 Å². The van der Waals surface area contributed by atoms with Crippen LogP contribution in [0.5, 0.6) is 5.75 Å². The molecule has 0 aliphatic rings. The number of rotatable bonds is 5. The van der Waals surface area contributed by atoms with Crippen molar-refractivity contribution in [2.45, 2.75) is 13.3 Å². The quantitative estimate of drug-likeness (QED) is 0.913. The first-order valence-electron chi connectivity index (χ1n) is 5.68. The van der Waals surface area contributed by atoms with E-state index in [9.17, 15) is 9.18 Å². The maximum atomic E-state index is 12.9. The van der Waals surface area contributed by atoms with Gasteiger partial charge in [-0.15, -0.1) is 10.2 Å². The van der Waals surface area contributed by atoms with Crippen LogP contribution in [0.3, 0.4) is 0 Å². The summed E-state index contributed by atoms with van der Waals surface area (Å²) in [4.78, 5) is 11.6. The number of anilines is 1. The summed E-state index contributed by atoms with van der Waals surface area (Å²) >= 11 is 1.32.